The highest BCUT2D eigenvalue weighted by atomic mass is 16.6. The summed E-state index contributed by atoms with van der Waals surface area (Å²) in [6, 6.07) is 24.3. The Bertz CT molecular complexity index is 1110. The van der Waals surface area contributed by atoms with E-state index in [4.69, 9.17) is 14.2 Å². The van der Waals surface area contributed by atoms with Gasteiger partial charge in [-0.15, -0.1) is 0 Å². The van der Waals surface area contributed by atoms with Crippen molar-refractivity contribution in [2.24, 2.45) is 0 Å². The molecule has 0 radical (unpaired) electrons. The quantitative estimate of drug-likeness (QED) is 0.372. The highest BCUT2D eigenvalue weighted by Crippen LogP contribution is 2.39. The smallest absolute Gasteiger partial charge is 0.409 e. The largest absolute Gasteiger partial charge is 0.497 e. The summed E-state index contributed by atoms with van der Waals surface area (Å²) in [6.45, 7) is 2.24. The van der Waals surface area contributed by atoms with Gasteiger partial charge in [0.2, 0.25) is 0 Å². The van der Waals surface area contributed by atoms with Crippen LogP contribution in [0.4, 0.5) is 15.3 Å². The molecule has 1 aliphatic rings. The van der Waals surface area contributed by atoms with Crippen LogP contribution in [-0.2, 0) is 28.4 Å². The minimum atomic E-state index is -1.28. The molecule has 8 nitrogen and oxygen atoms in total. The van der Waals surface area contributed by atoms with Crippen molar-refractivity contribution in [2.75, 3.05) is 12.4 Å². The molecule has 3 aromatic carbocycles. The second-order valence-electron chi connectivity index (χ2n) is 8.64. The van der Waals surface area contributed by atoms with Crippen molar-refractivity contribution >= 4 is 17.9 Å². The number of benzene rings is 3. The van der Waals surface area contributed by atoms with Crippen molar-refractivity contribution in [2.45, 2.75) is 44.7 Å². The van der Waals surface area contributed by atoms with E-state index in [1.165, 1.54) is 0 Å². The Hall–Kier alpha value is -4.20. The second kappa shape index (κ2) is 11.5. The van der Waals surface area contributed by atoms with Crippen LogP contribution in [0, 0.1) is 0 Å². The third kappa shape index (κ3) is 6.07. The molecule has 0 fully saturated rings. The van der Waals surface area contributed by atoms with Gasteiger partial charge in [0.15, 0.2) is 0 Å². The molecule has 36 heavy (non-hydrogen) atoms. The van der Waals surface area contributed by atoms with Crippen LogP contribution in [-0.4, -0.2) is 25.3 Å². The third-order valence-electron chi connectivity index (χ3n) is 6.15. The number of hydrogen-bond donors (Lipinski definition) is 3. The monoisotopic (exact) mass is 489 g/mol. The van der Waals surface area contributed by atoms with Gasteiger partial charge in [-0.3, -0.25) is 10.6 Å². The van der Waals surface area contributed by atoms with Gasteiger partial charge in [-0.2, -0.15) is 0 Å². The van der Waals surface area contributed by atoms with Gasteiger partial charge < -0.3 is 19.5 Å². The van der Waals surface area contributed by atoms with E-state index in [9.17, 15) is 9.59 Å². The molecule has 4 rings (SSSR count). The Kier molecular flexibility index (Phi) is 7.95. The highest BCUT2D eigenvalue weighted by Gasteiger charge is 2.44. The number of alkyl carbamates (subject to hydrolysis) is 2. The predicted molar refractivity (Wildman–Crippen MR) is 137 cm³/mol. The number of carbonyl (C=O) groups is 2. The lowest BCUT2D eigenvalue weighted by molar-refractivity contribution is 0.0972. The molecular weight excluding hydrogens is 458 g/mol. The number of methoxy groups -OCH3 is 1. The van der Waals surface area contributed by atoms with E-state index in [-0.39, 0.29) is 19.3 Å². The zero-order valence-electron chi connectivity index (χ0n) is 20.5. The van der Waals surface area contributed by atoms with E-state index in [0.717, 1.165) is 23.2 Å². The molecule has 0 bridgehead atoms. The molecular formula is C28H31N3O5. The fourth-order valence-electron chi connectivity index (χ4n) is 4.26. The molecule has 0 aliphatic carbocycles. The topological polar surface area (TPSA) is 97.9 Å². The van der Waals surface area contributed by atoms with Gasteiger partial charge in [0.25, 0.3) is 0 Å². The van der Waals surface area contributed by atoms with Crippen LogP contribution in [0.5, 0.6) is 5.75 Å². The fourth-order valence-corrected chi connectivity index (χ4v) is 4.26. The van der Waals surface area contributed by atoms with Crippen molar-refractivity contribution in [3.8, 4) is 5.75 Å². The molecule has 1 heterocycles. The van der Waals surface area contributed by atoms with Crippen LogP contribution < -0.4 is 20.7 Å². The maximum Gasteiger partial charge on any atom is 0.409 e. The van der Waals surface area contributed by atoms with E-state index in [0.29, 0.717) is 17.7 Å². The molecule has 0 spiro atoms. The van der Waals surface area contributed by atoms with E-state index < -0.39 is 17.8 Å². The Morgan fingerprint density at radius 1 is 0.889 bits per heavy atom. The summed E-state index contributed by atoms with van der Waals surface area (Å²) in [6.07, 6.45) is -0.167. The van der Waals surface area contributed by atoms with Gasteiger partial charge >= 0.3 is 12.2 Å². The Balaban J connectivity index is 1.60. The van der Waals surface area contributed by atoms with Gasteiger partial charge in [0.1, 0.15) is 24.6 Å². The average molecular weight is 490 g/mol. The molecule has 0 saturated carbocycles. The summed E-state index contributed by atoms with van der Waals surface area (Å²) in [5.74, 6) is 0.591. The first kappa shape index (κ1) is 24.9. The lowest BCUT2D eigenvalue weighted by atomic mass is 9.85. The van der Waals surface area contributed by atoms with Gasteiger partial charge in [-0.1, -0.05) is 67.6 Å². The van der Waals surface area contributed by atoms with Crippen molar-refractivity contribution < 1.29 is 23.8 Å². The predicted octanol–water partition coefficient (Wildman–Crippen LogP) is 5.30. The molecule has 8 heteroatoms. The van der Waals surface area contributed by atoms with Crippen molar-refractivity contribution in [3.63, 3.8) is 0 Å². The van der Waals surface area contributed by atoms with Gasteiger partial charge in [-0.05, 0) is 35.7 Å². The number of amides is 2. The molecule has 0 unspecified atom stereocenters. The number of nitrogens with one attached hydrogen (secondary N) is 3. The third-order valence-corrected chi connectivity index (χ3v) is 6.15. The van der Waals surface area contributed by atoms with E-state index in [1.807, 2.05) is 79.7 Å². The number of rotatable bonds is 8. The van der Waals surface area contributed by atoms with E-state index in [2.05, 4.69) is 16.0 Å². The molecule has 1 atom stereocenters. The van der Waals surface area contributed by atoms with Gasteiger partial charge in [0.05, 0.1) is 7.11 Å². The lowest BCUT2D eigenvalue weighted by Crippen LogP contribution is -2.62. The maximum absolute atomic E-state index is 13.0. The number of fused-ring (bicyclic) bond motifs is 1. The maximum atomic E-state index is 13.0. The number of anilines is 1. The summed E-state index contributed by atoms with van der Waals surface area (Å²) in [7, 11) is 1.57. The highest BCUT2D eigenvalue weighted by molar-refractivity contribution is 5.75. The first-order valence-corrected chi connectivity index (χ1v) is 11.9. The zero-order chi connectivity index (χ0) is 25.4. The minimum absolute atomic E-state index is 0.0188. The summed E-state index contributed by atoms with van der Waals surface area (Å²) >= 11 is 0. The average Bonchev–Trinajstić information content (AvgIpc) is 2.91. The second-order valence-corrected chi connectivity index (χ2v) is 8.64. The van der Waals surface area contributed by atoms with Crippen LogP contribution in [0.25, 0.3) is 0 Å². The molecule has 1 aliphatic heterocycles. The number of carbonyl (C=O) groups excluding carboxylic acids is 2. The molecule has 188 valence electrons. The van der Waals surface area contributed by atoms with E-state index in [1.54, 1.807) is 13.2 Å². The molecule has 2 amide bonds. The summed E-state index contributed by atoms with van der Waals surface area (Å²) in [5, 5.41) is 9.34. The van der Waals surface area contributed by atoms with Crippen LogP contribution in [0.3, 0.4) is 0 Å². The van der Waals surface area contributed by atoms with Crippen molar-refractivity contribution in [1.82, 2.24) is 10.6 Å². The molecule has 0 aromatic heterocycles. The van der Waals surface area contributed by atoms with Crippen LogP contribution in [0.2, 0.25) is 0 Å². The van der Waals surface area contributed by atoms with Gasteiger partial charge in [0, 0.05) is 23.7 Å². The first-order valence-electron chi connectivity index (χ1n) is 11.9. The van der Waals surface area contributed by atoms with Crippen LogP contribution >= 0.6 is 0 Å². The van der Waals surface area contributed by atoms with Crippen molar-refractivity contribution in [1.29, 1.82) is 0 Å². The zero-order valence-corrected chi connectivity index (χ0v) is 20.5. The SMILES string of the molecule is CC[C@@H]1CC(NC(=O)OCc2ccccc2)(NC(=O)OCc2ccccc2)c2cc(OC)ccc2N1. The Morgan fingerprint density at radius 3 is 1.94 bits per heavy atom. The summed E-state index contributed by atoms with van der Waals surface area (Å²) in [4.78, 5) is 26.1. The van der Waals surface area contributed by atoms with E-state index >= 15 is 0 Å². The Morgan fingerprint density at radius 2 is 1.44 bits per heavy atom. The molecule has 3 aromatic rings. The molecule has 3 N–H and O–H groups in total. The number of hydrogen-bond acceptors (Lipinski definition) is 6. The van der Waals surface area contributed by atoms with Crippen LogP contribution in [0.1, 0.15) is 36.5 Å². The minimum Gasteiger partial charge on any atom is -0.497 e. The first-order chi connectivity index (χ1) is 17.5. The van der Waals surface area contributed by atoms with Crippen LogP contribution in [0.15, 0.2) is 78.9 Å². The standard InChI is InChI=1S/C28H31N3O5/c1-3-22-17-28(24-16-23(34-2)14-15-25(24)29-22,30-26(32)35-18-20-10-6-4-7-11-20)31-27(33)36-19-21-12-8-5-9-13-21/h4-16,22,29H,3,17-19H2,1-2H3,(H,30,32)(H,31,33)/t22-/m1/s1. The summed E-state index contributed by atoms with van der Waals surface area (Å²) in [5.41, 5.74) is 1.86. The van der Waals surface area contributed by atoms with Gasteiger partial charge in [-0.25, -0.2) is 9.59 Å². The lowest BCUT2D eigenvalue weighted by Gasteiger charge is -2.43. The summed E-state index contributed by atoms with van der Waals surface area (Å²) < 4.78 is 16.5. The Labute approximate surface area is 211 Å². The fraction of sp³-hybridized carbons (Fsp3) is 0.286. The number of ether oxygens (including phenoxy) is 3. The normalized spacial score (nSPS) is 15.6. The van der Waals surface area contributed by atoms with Crippen molar-refractivity contribution in [3.05, 3.63) is 95.6 Å². The molecule has 0 saturated heterocycles.